The van der Waals surface area contributed by atoms with Crippen LogP contribution >= 0.6 is 0 Å². The maximum atomic E-state index is 12.5. The number of carbonyl (C=O) groups is 3. The molecule has 0 spiro atoms. The zero-order valence-electron chi connectivity index (χ0n) is 27.4. The van der Waals surface area contributed by atoms with Crippen molar-refractivity contribution in [1.29, 1.82) is 0 Å². The first kappa shape index (κ1) is 31.2. The first-order chi connectivity index (χ1) is 22.6. The molecule has 12 nitrogen and oxygen atoms in total. The molecule has 0 atom stereocenters. The van der Waals surface area contributed by atoms with Gasteiger partial charge in [0.1, 0.15) is 17.1 Å². The molecule has 2 saturated heterocycles. The molecule has 0 unspecified atom stereocenters. The minimum atomic E-state index is -0.546. The first-order valence-electron chi connectivity index (χ1n) is 16.9. The van der Waals surface area contributed by atoms with Gasteiger partial charge in [0, 0.05) is 43.0 Å². The number of benzene rings is 1. The van der Waals surface area contributed by atoms with Crippen LogP contribution in [0.1, 0.15) is 83.2 Å². The highest BCUT2D eigenvalue weighted by molar-refractivity contribution is 6.05. The molecular weight excluding hydrogens is 596 g/mol. The number of nitrogens with zero attached hydrogens (tertiary/aromatic N) is 6. The number of hydrogen-bond acceptors (Lipinski definition) is 7. The topological polar surface area (TPSA) is 126 Å². The highest BCUT2D eigenvalue weighted by atomic mass is 16.6. The number of imide groups is 1. The molecule has 0 radical (unpaired) electrons. The predicted molar refractivity (Wildman–Crippen MR) is 180 cm³/mol. The summed E-state index contributed by atoms with van der Waals surface area (Å²) in [5, 5.41) is 11.1. The molecular formula is C35H44N8O4. The van der Waals surface area contributed by atoms with Crippen LogP contribution in [0.3, 0.4) is 0 Å². The fraction of sp³-hybridized carbons (Fsp3) is 0.514. The fourth-order valence-electron chi connectivity index (χ4n) is 7.44. The zero-order chi connectivity index (χ0) is 32.7. The van der Waals surface area contributed by atoms with E-state index in [2.05, 4.69) is 32.5 Å². The number of pyridine rings is 1. The van der Waals surface area contributed by atoms with Gasteiger partial charge in [-0.05, 0) is 114 Å². The second kappa shape index (κ2) is 12.6. The third kappa shape index (κ3) is 6.83. The Morgan fingerprint density at radius 1 is 1.04 bits per heavy atom. The standard InChI is InChI=1S/C35H44N8O4/c1-35(2,3)47-34(46)37-26-8-11-29-25(19-26)22-43(39-29)27-9-6-23(7-10-27)21-40-16-12-24(13-17-40)28-5-4-15-41-31(20-36-32(28)41)42-18-14-30(44)38-33(42)45/h4-5,8,11,15,19-20,22-24,27H,6-7,9-10,12-14,16-18,21H2,1-3H3,(H,37,46)(H,38,44,45). The molecule has 3 aliphatic rings. The minimum absolute atomic E-state index is 0.238. The number of ether oxygens (including phenoxy) is 1. The number of aromatic nitrogens is 4. The van der Waals surface area contributed by atoms with E-state index in [0.717, 1.165) is 61.9 Å². The van der Waals surface area contributed by atoms with Crippen molar-refractivity contribution in [2.45, 2.75) is 83.3 Å². The van der Waals surface area contributed by atoms with Gasteiger partial charge in [-0.15, -0.1) is 0 Å². The molecule has 1 aromatic carbocycles. The fourth-order valence-corrected chi connectivity index (χ4v) is 7.44. The molecule has 1 saturated carbocycles. The molecule has 4 amide bonds. The molecule has 2 aliphatic heterocycles. The van der Waals surface area contributed by atoms with Gasteiger partial charge in [0.05, 0.1) is 17.8 Å². The molecule has 2 N–H and O–H groups in total. The van der Waals surface area contributed by atoms with Gasteiger partial charge in [-0.1, -0.05) is 6.07 Å². The number of nitrogens with one attached hydrogen (secondary N) is 2. The molecule has 0 bridgehead atoms. The summed E-state index contributed by atoms with van der Waals surface area (Å²) in [5.41, 5.74) is 3.21. The highest BCUT2D eigenvalue weighted by Gasteiger charge is 2.30. The lowest BCUT2D eigenvalue weighted by Crippen LogP contribution is -2.50. The highest BCUT2D eigenvalue weighted by Crippen LogP contribution is 2.36. The number of anilines is 2. The Labute approximate surface area is 274 Å². The average Bonchev–Trinajstić information content (AvgIpc) is 3.65. The quantitative estimate of drug-likeness (QED) is 0.261. The van der Waals surface area contributed by atoms with Crippen LogP contribution < -0.4 is 15.5 Å². The largest absolute Gasteiger partial charge is 0.444 e. The van der Waals surface area contributed by atoms with Crippen molar-refractivity contribution in [3.05, 3.63) is 54.5 Å². The molecule has 1 aliphatic carbocycles. The number of likely N-dealkylation sites (tertiary alicyclic amines) is 1. The monoisotopic (exact) mass is 640 g/mol. The molecule has 3 aromatic heterocycles. The SMILES string of the molecule is CC(C)(C)OC(=O)Nc1ccc2nn(C3CCC(CN4CCC(c5cccn6c(N7CCC(=O)NC7=O)cnc56)CC4)CC3)cc2c1. The summed E-state index contributed by atoms with van der Waals surface area (Å²) in [6.07, 6.45) is 12.4. The van der Waals surface area contributed by atoms with Crippen LogP contribution in [-0.2, 0) is 9.53 Å². The maximum absolute atomic E-state index is 12.5. The van der Waals surface area contributed by atoms with Gasteiger partial charge in [-0.2, -0.15) is 5.10 Å². The summed E-state index contributed by atoms with van der Waals surface area (Å²) >= 11 is 0. The molecule has 4 aromatic rings. The Morgan fingerprint density at radius 3 is 2.57 bits per heavy atom. The second-order valence-electron chi connectivity index (χ2n) is 14.3. The van der Waals surface area contributed by atoms with Crippen LogP contribution in [0.2, 0.25) is 0 Å². The number of carbonyl (C=O) groups excluding carboxylic acids is 3. The van der Waals surface area contributed by atoms with E-state index in [9.17, 15) is 14.4 Å². The van der Waals surface area contributed by atoms with Crippen LogP contribution in [0.15, 0.2) is 48.9 Å². The van der Waals surface area contributed by atoms with E-state index in [1.54, 1.807) is 11.1 Å². The second-order valence-corrected chi connectivity index (χ2v) is 14.3. The summed E-state index contributed by atoms with van der Waals surface area (Å²) in [6, 6.07) is 9.99. The summed E-state index contributed by atoms with van der Waals surface area (Å²) in [7, 11) is 0. The maximum Gasteiger partial charge on any atom is 0.412 e. The summed E-state index contributed by atoms with van der Waals surface area (Å²) in [5.74, 6) is 1.57. The third-order valence-electron chi connectivity index (χ3n) is 9.78. The van der Waals surface area contributed by atoms with E-state index < -0.39 is 17.7 Å². The number of rotatable bonds is 6. The van der Waals surface area contributed by atoms with Crippen molar-refractivity contribution >= 4 is 46.1 Å². The van der Waals surface area contributed by atoms with Crippen molar-refractivity contribution in [2.24, 2.45) is 5.92 Å². The Balaban J connectivity index is 0.910. The van der Waals surface area contributed by atoms with E-state index in [1.165, 1.54) is 18.4 Å². The average molecular weight is 641 g/mol. The number of piperidine rings is 1. The van der Waals surface area contributed by atoms with Gasteiger partial charge in [0.25, 0.3) is 0 Å². The Bertz CT molecular complexity index is 1790. The predicted octanol–water partition coefficient (Wildman–Crippen LogP) is 6.09. The Kier molecular flexibility index (Phi) is 8.37. The lowest BCUT2D eigenvalue weighted by molar-refractivity contribution is -0.120. The lowest BCUT2D eigenvalue weighted by atomic mass is 9.84. The van der Waals surface area contributed by atoms with Crippen molar-refractivity contribution in [2.75, 3.05) is 36.4 Å². The number of fused-ring (bicyclic) bond motifs is 2. The van der Waals surface area contributed by atoms with Crippen LogP contribution in [0, 0.1) is 5.92 Å². The molecule has 3 fully saturated rings. The van der Waals surface area contributed by atoms with E-state index in [-0.39, 0.29) is 12.3 Å². The number of urea groups is 1. The smallest absolute Gasteiger partial charge is 0.412 e. The third-order valence-corrected chi connectivity index (χ3v) is 9.78. The van der Waals surface area contributed by atoms with Crippen molar-refractivity contribution < 1.29 is 19.1 Å². The van der Waals surface area contributed by atoms with Crippen LogP contribution in [0.4, 0.5) is 21.1 Å². The van der Waals surface area contributed by atoms with Gasteiger partial charge in [0.2, 0.25) is 5.91 Å². The summed E-state index contributed by atoms with van der Waals surface area (Å²) in [6.45, 7) is 9.19. The summed E-state index contributed by atoms with van der Waals surface area (Å²) < 4.78 is 9.50. The van der Waals surface area contributed by atoms with E-state index in [0.29, 0.717) is 35.9 Å². The number of hydrogen-bond donors (Lipinski definition) is 2. The van der Waals surface area contributed by atoms with E-state index in [4.69, 9.17) is 14.8 Å². The normalized spacial score (nSPS) is 21.7. The van der Waals surface area contributed by atoms with Gasteiger partial charge >= 0.3 is 12.1 Å². The van der Waals surface area contributed by atoms with Gasteiger partial charge in [0.15, 0.2) is 0 Å². The van der Waals surface area contributed by atoms with E-state index >= 15 is 0 Å². The van der Waals surface area contributed by atoms with Gasteiger partial charge < -0.3 is 9.64 Å². The van der Waals surface area contributed by atoms with Crippen LogP contribution in [-0.4, -0.2) is 73.9 Å². The van der Waals surface area contributed by atoms with Gasteiger partial charge in [-0.25, -0.2) is 14.6 Å². The van der Waals surface area contributed by atoms with Crippen molar-refractivity contribution in [3.63, 3.8) is 0 Å². The van der Waals surface area contributed by atoms with Crippen molar-refractivity contribution in [3.8, 4) is 0 Å². The first-order valence-corrected chi connectivity index (χ1v) is 16.9. The zero-order valence-corrected chi connectivity index (χ0v) is 27.4. The van der Waals surface area contributed by atoms with Gasteiger partial charge in [-0.3, -0.25) is 29.4 Å². The molecule has 5 heterocycles. The summed E-state index contributed by atoms with van der Waals surface area (Å²) in [4.78, 5) is 45.2. The molecule has 47 heavy (non-hydrogen) atoms. The molecule has 248 valence electrons. The lowest BCUT2D eigenvalue weighted by Gasteiger charge is -2.36. The van der Waals surface area contributed by atoms with E-state index in [1.807, 2.05) is 55.6 Å². The number of amides is 4. The Hall–Kier alpha value is -4.45. The molecule has 12 heteroatoms. The van der Waals surface area contributed by atoms with Crippen LogP contribution in [0.25, 0.3) is 16.6 Å². The van der Waals surface area contributed by atoms with Crippen LogP contribution in [0.5, 0.6) is 0 Å². The number of imidazole rings is 1. The van der Waals surface area contributed by atoms with Crippen molar-refractivity contribution in [1.82, 2.24) is 29.4 Å². The Morgan fingerprint density at radius 2 is 1.83 bits per heavy atom. The molecule has 7 rings (SSSR count). The minimum Gasteiger partial charge on any atom is -0.444 e.